The molecule has 8 nitrogen and oxygen atoms in total. The maximum atomic E-state index is 6.49. The first kappa shape index (κ1) is 26.1. The fourth-order valence-corrected chi connectivity index (χ4v) is 5.37. The summed E-state index contributed by atoms with van der Waals surface area (Å²) >= 11 is 0. The molecule has 4 aromatic carbocycles. The number of hydrogen-bond donors (Lipinski definition) is 0. The van der Waals surface area contributed by atoms with E-state index in [4.69, 9.17) is 37.9 Å². The Balaban J connectivity index is 1.23. The van der Waals surface area contributed by atoms with Crippen LogP contribution in [-0.2, 0) is 25.4 Å². The molecule has 4 heterocycles. The number of hydrogen-bond acceptors (Lipinski definition) is 8. The van der Waals surface area contributed by atoms with Crippen LogP contribution in [0.25, 0.3) is 21.5 Å². The normalized spacial score (nSPS) is 23.5. The number of rotatable bonds is 14. The monoisotopic (exact) mass is 570 g/mol. The molecule has 0 amide bonds. The molecule has 0 saturated carbocycles. The molecule has 4 aromatic rings. The lowest BCUT2D eigenvalue weighted by molar-refractivity contribution is 0.258. The van der Waals surface area contributed by atoms with Crippen molar-refractivity contribution in [1.29, 1.82) is 0 Å². The molecule has 0 spiro atoms. The summed E-state index contributed by atoms with van der Waals surface area (Å²) in [6.07, 6.45) is 1.26. The molecule has 0 radical (unpaired) electrons. The Morgan fingerprint density at radius 2 is 1.07 bits per heavy atom. The largest absolute Gasteiger partial charge is 0.491 e. The van der Waals surface area contributed by atoms with Gasteiger partial charge in [0.05, 0.1) is 26.4 Å². The van der Waals surface area contributed by atoms with Gasteiger partial charge in [0.25, 0.3) is 0 Å². The zero-order valence-corrected chi connectivity index (χ0v) is 23.6. The Bertz CT molecular complexity index is 1610. The summed E-state index contributed by atoms with van der Waals surface area (Å²) in [5.74, 6) is 3.35. The zero-order valence-electron chi connectivity index (χ0n) is 23.6. The summed E-state index contributed by atoms with van der Waals surface area (Å²) in [6, 6.07) is 18.9. The van der Waals surface area contributed by atoms with Crippen LogP contribution >= 0.6 is 0 Å². The van der Waals surface area contributed by atoms with E-state index in [2.05, 4.69) is 49.4 Å². The lowest BCUT2D eigenvalue weighted by Gasteiger charge is -2.20. The second-order valence-electron chi connectivity index (χ2n) is 11.6. The van der Waals surface area contributed by atoms with Gasteiger partial charge >= 0.3 is 0 Å². The predicted molar refractivity (Wildman–Crippen MR) is 156 cm³/mol. The average Bonchev–Trinajstić information content (AvgIpc) is 3.83. The molecule has 0 aromatic heterocycles. The fourth-order valence-electron chi connectivity index (χ4n) is 5.37. The molecule has 4 unspecified atom stereocenters. The highest BCUT2D eigenvalue weighted by molar-refractivity contribution is 5.93. The van der Waals surface area contributed by atoms with Crippen molar-refractivity contribution in [3.63, 3.8) is 0 Å². The quantitative estimate of drug-likeness (QED) is 0.196. The van der Waals surface area contributed by atoms with Crippen molar-refractivity contribution in [2.75, 3.05) is 52.9 Å². The first-order chi connectivity index (χ1) is 20.7. The highest BCUT2D eigenvalue weighted by atomic mass is 16.6. The Morgan fingerprint density at radius 1 is 0.571 bits per heavy atom. The summed E-state index contributed by atoms with van der Waals surface area (Å²) in [5, 5.41) is 4.43. The maximum absolute atomic E-state index is 6.49. The number of aryl methyl sites for hydroxylation is 1. The molecule has 8 rings (SSSR count). The number of ether oxygens (including phenoxy) is 8. The van der Waals surface area contributed by atoms with Gasteiger partial charge in [0, 0.05) is 17.5 Å². The molecule has 4 aliphatic rings. The Kier molecular flexibility index (Phi) is 6.79. The minimum atomic E-state index is 0.145. The second-order valence-corrected chi connectivity index (χ2v) is 11.6. The third-order valence-corrected chi connectivity index (χ3v) is 8.09. The van der Waals surface area contributed by atoms with Crippen LogP contribution in [0.3, 0.4) is 0 Å². The molecular formula is C34H34O8. The molecule has 4 atom stereocenters. The highest BCUT2D eigenvalue weighted by Crippen LogP contribution is 2.40. The van der Waals surface area contributed by atoms with Gasteiger partial charge in [-0.25, -0.2) is 0 Å². The standard InChI is InChI=1S/C34H34O8/c1-20-8-22-3-6-24(36-13-26-15-38-26)10-30(22)32(34(20)42-19-28-17-40-28)11-31-29-9-23(35-12-25-14-37-25)5-2-21(29)4-7-33(31)41-18-27-16-39-27/h2-10,25-28H,11-19H2,1H3. The molecule has 4 saturated heterocycles. The van der Waals surface area contributed by atoms with Crippen LogP contribution in [0.15, 0.2) is 54.6 Å². The summed E-state index contributed by atoms with van der Waals surface area (Å²) in [4.78, 5) is 0. The van der Waals surface area contributed by atoms with Crippen molar-refractivity contribution < 1.29 is 37.9 Å². The second kappa shape index (κ2) is 10.9. The van der Waals surface area contributed by atoms with Crippen LogP contribution in [0.2, 0.25) is 0 Å². The van der Waals surface area contributed by atoms with Gasteiger partial charge in [-0.3, -0.25) is 0 Å². The zero-order chi connectivity index (χ0) is 28.0. The fraction of sp³-hybridized carbons (Fsp3) is 0.412. The minimum absolute atomic E-state index is 0.145. The summed E-state index contributed by atoms with van der Waals surface area (Å²) < 4.78 is 46.7. The van der Waals surface area contributed by atoms with Crippen molar-refractivity contribution in [2.45, 2.75) is 37.8 Å². The van der Waals surface area contributed by atoms with E-state index in [9.17, 15) is 0 Å². The SMILES string of the molecule is Cc1cc2ccc(OCC3CO3)cc2c(Cc2c(OCC3CO3)ccc3ccc(OCC4CO4)cc23)c1OCC1CO1. The van der Waals surface area contributed by atoms with Gasteiger partial charge < -0.3 is 37.9 Å². The van der Waals surface area contributed by atoms with Gasteiger partial charge in [-0.05, 0) is 70.4 Å². The highest BCUT2D eigenvalue weighted by Gasteiger charge is 2.28. The van der Waals surface area contributed by atoms with Gasteiger partial charge in [0.15, 0.2) is 0 Å². The Morgan fingerprint density at radius 3 is 1.67 bits per heavy atom. The Labute approximate surface area is 244 Å². The van der Waals surface area contributed by atoms with Crippen LogP contribution in [0.4, 0.5) is 0 Å². The van der Waals surface area contributed by atoms with E-state index >= 15 is 0 Å². The summed E-state index contributed by atoms with van der Waals surface area (Å²) in [6.45, 7) is 7.24. The van der Waals surface area contributed by atoms with Crippen molar-refractivity contribution >= 4 is 21.5 Å². The van der Waals surface area contributed by atoms with Crippen LogP contribution < -0.4 is 18.9 Å². The van der Waals surface area contributed by atoms with Gasteiger partial charge in [0.1, 0.15) is 73.8 Å². The van der Waals surface area contributed by atoms with E-state index in [0.29, 0.717) is 32.8 Å². The van der Waals surface area contributed by atoms with Crippen LogP contribution in [0.5, 0.6) is 23.0 Å². The lowest BCUT2D eigenvalue weighted by atomic mass is 9.91. The third-order valence-electron chi connectivity index (χ3n) is 8.09. The van der Waals surface area contributed by atoms with Crippen LogP contribution in [0.1, 0.15) is 16.7 Å². The van der Waals surface area contributed by atoms with E-state index in [1.807, 2.05) is 12.1 Å². The van der Waals surface area contributed by atoms with E-state index in [0.717, 1.165) is 87.7 Å². The first-order valence-corrected chi connectivity index (χ1v) is 14.8. The van der Waals surface area contributed by atoms with Gasteiger partial charge in [0.2, 0.25) is 0 Å². The third kappa shape index (κ3) is 5.99. The van der Waals surface area contributed by atoms with E-state index < -0.39 is 0 Å². The number of epoxide rings is 4. The van der Waals surface area contributed by atoms with E-state index in [1.165, 1.54) is 0 Å². The van der Waals surface area contributed by atoms with Crippen LogP contribution in [0, 0.1) is 6.92 Å². The van der Waals surface area contributed by atoms with E-state index in [1.54, 1.807) is 0 Å². The molecule has 4 aliphatic heterocycles. The topological polar surface area (TPSA) is 87.0 Å². The lowest BCUT2D eigenvalue weighted by Crippen LogP contribution is -2.10. The maximum Gasteiger partial charge on any atom is 0.126 e. The van der Waals surface area contributed by atoms with Crippen molar-refractivity contribution in [2.24, 2.45) is 0 Å². The first-order valence-electron chi connectivity index (χ1n) is 14.8. The molecular weight excluding hydrogens is 536 g/mol. The smallest absolute Gasteiger partial charge is 0.126 e. The summed E-state index contributed by atoms with van der Waals surface area (Å²) in [5.41, 5.74) is 3.26. The van der Waals surface area contributed by atoms with Crippen LogP contribution in [-0.4, -0.2) is 77.3 Å². The number of benzene rings is 4. The van der Waals surface area contributed by atoms with Crippen molar-refractivity contribution in [1.82, 2.24) is 0 Å². The van der Waals surface area contributed by atoms with Gasteiger partial charge in [-0.15, -0.1) is 0 Å². The molecule has 4 fully saturated rings. The molecule has 0 bridgehead atoms. The minimum Gasteiger partial charge on any atom is -0.491 e. The predicted octanol–water partition coefficient (Wildman–Crippen LogP) is 5.00. The average molecular weight is 571 g/mol. The number of fused-ring (bicyclic) bond motifs is 2. The van der Waals surface area contributed by atoms with Crippen molar-refractivity contribution in [3.05, 3.63) is 71.3 Å². The van der Waals surface area contributed by atoms with E-state index in [-0.39, 0.29) is 24.4 Å². The Hall–Kier alpha value is -3.56. The van der Waals surface area contributed by atoms with Gasteiger partial charge in [-0.1, -0.05) is 18.2 Å². The van der Waals surface area contributed by atoms with Crippen molar-refractivity contribution in [3.8, 4) is 23.0 Å². The molecule has 0 aliphatic carbocycles. The van der Waals surface area contributed by atoms with Gasteiger partial charge in [-0.2, -0.15) is 0 Å². The summed E-state index contributed by atoms with van der Waals surface area (Å²) in [7, 11) is 0. The molecule has 218 valence electrons. The molecule has 42 heavy (non-hydrogen) atoms. The molecule has 8 heteroatoms. The molecule has 0 N–H and O–H groups in total.